The van der Waals surface area contributed by atoms with Crippen LogP contribution in [0.3, 0.4) is 0 Å². The Bertz CT molecular complexity index is 2610. The van der Waals surface area contributed by atoms with Gasteiger partial charge >= 0.3 is 5.97 Å². The van der Waals surface area contributed by atoms with E-state index >= 15 is 0 Å². The number of carboxylic acid groups (broad SMARTS) is 1. The van der Waals surface area contributed by atoms with Crippen molar-refractivity contribution >= 4 is 35.8 Å². The third kappa shape index (κ3) is 32.4. The summed E-state index contributed by atoms with van der Waals surface area (Å²) in [5.41, 5.74) is 10.5. The Morgan fingerprint density at radius 2 is 0.696 bits per heavy atom. The first-order chi connectivity index (χ1) is 44.9. The van der Waals surface area contributed by atoms with Crippen LogP contribution in [0.1, 0.15) is 71.7 Å². The molecule has 4 heterocycles. The number of amides is 3. The Labute approximate surface area is 542 Å². The summed E-state index contributed by atoms with van der Waals surface area (Å²) in [6.45, 7) is 29.9. The highest BCUT2D eigenvalue weighted by Crippen LogP contribution is 2.32. The van der Waals surface area contributed by atoms with Gasteiger partial charge in [0.1, 0.15) is 0 Å². The molecule has 0 unspecified atom stereocenters. The molecule has 0 aromatic carbocycles. The van der Waals surface area contributed by atoms with Gasteiger partial charge in [-0.25, -0.2) is 0 Å². The lowest BCUT2D eigenvalue weighted by atomic mass is 9.98. The van der Waals surface area contributed by atoms with Gasteiger partial charge in [0.2, 0.25) is 5.91 Å². The van der Waals surface area contributed by atoms with Gasteiger partial charge in [-0.2, -0.15) is 0 Å². The normalized spacial score (nSPS) is 14.2. The molecule has 0 spiro atoms. The van der Waals surface area contributed by atoms with Gasteiger partial charge in [-0.3, -0.25) is 19.2 Å². The van der Waals surface area contributed by atoms with Gasteiger partial charge in [0, 0.05) is 78.2 Å². The van der Waals surface area contributed by atoms with E-state index in [4.69, 9.17) is 75.8 Å². The Balaban J connectivity index is 0.936. The van der Waals surface area contributed by atoms with Gasteiger partial charge < -0.3 is 107 Å². The van der Waals surface area contributed by atoms with Crippen molar-refractivity contribution in [3.05, 3.63) is 104 Å². The largest absolute Gasteiger partial charge is 0.481 e. The van der Waals surface area contributed by atoms with Gasteiger partial charge in [0.25, 0.3) is 11.8 Å². The van der Waals surface area contributed by atoms with Crippen LogP contribution in [0.2, 0.25) is 0 Å². The third-order valence-electron chi connectivity index (χ3n) is 14.4. The van der Waals surface area contributed by atoms with Crippen LogP contribution in [0, 0.1) is 13.8 Å². The number of aliphatic carboxylic acids is 1. The summed E-state index contributed by atoms with van der Waals surface area (Å²) < 4.78 is 87.7. The van der Waals surface area contributed by atoms with Crippen LogP contribution < -0.4 is 16.0 Å². The van der Waals surface area contributed by atoms with Gasteiger partial charge in [-0.15, -0.1) is 0 Å². The highest BCUT2D eigenvalue weighted by molar-refractivity contribution is 6.04. The molecular weight excluding hydrogens is 1200 g/mol. The number of carbonyl (C=O) groups excluding carboxylic acids is 3. The van der Waals surface area contributed by atoms with Crippen LogP contribution in [0.15, 0.2) is 59.0 Å². The van der Waals surface area contributed by atoms with Crippen molar-refractivity contribution in [2.75, 3.05) is 218 Å². The number of hydrogen-bond donors (Lipinski definition) is 6. The standard InChI is InChI=1S/C66H103N5O21/c1-8-53-49(3)59(70-65(53)75)46-57-51(5)55(61(68-57)48-62-56(11-13-64(73)74)52(6)58(69-62)47-60-50(4)54(9-2)66(76)71-60)10-12-63(72)67-14-15-78-18-19-80-22-23-82-26-27-84-30-31-86-34-35-88-38-39-90-42-43-92-45-44-91-41-40-89-37-36-87-33-32-85-29-28-83-25-24-81-21-20-79-17-16-77-7/h8-9,46-47,68-69H,1-2,10-45,48H2,3-7H3,(H,67,72)(H,70,75)(H,71,76)(H,73,74)/b59-46-,60-47-. The zero-order valence-electron chi connectivity index (χ0n) is 55.0. The molecule has 92 heavy (non-hydrogen) atoms. The van der Waals surface area contributed by atoms with Crippen molar-refractivity contribution < 1.29 is 100 Å². The molecule has 2 aliphatic heterocycles. The maximum atomic E-state index is 13.2. The zero-order valence-corrected chi connectivity index (χ0v) is 55.0. The zero-order chi connectivity index (χ0) is 66.2. The maximum Gasteiger partial charge on any atom is 0.303 e. The summed E-state index contributed by atoms with van der Waals surface area (Å²) >= 11 is 0. The maximum absolute atomic E-state index is 13.2. The van der Waals surface area contributed by atoms with Crippen LogP contribution in [0.25, 0.3) is 12.2 Å². The lowest BCUT2D eigenvalue weighted by molar-refractivity contribution is -0.137. The molecule has 2 aromatic rings. The number of aromatic nitrogens is 2. The van der Waals surface area contributed by atoms with E-state index < -0.39 is 5.97 Å². The van der Waals surface area contributed by atoms with Crippen molar-refractivity contribution in [2.45, 2.75) is 59.8 Å². The smallest absolute Gasteiger partial charge is 0.303 e. The van der Waals surface area contributed by atoms with Gasteiger partial charge in [0.15, 0.2) is 0 Å². The lowest BCUT2D eigenvalue weighted by Gasteiger charge is -2.10. The van der Waals surface area contributed by atoms with E-state index in [-0.39, 0.29) is 37.0 Å². The quantitative estimate of drug-likeness (QED) is 0.0498. The molecule has 0 atom stereocenters. The Morgan fingerprint density at radius 3 is 0.957 bits per heavy atom. The van der Waals surface area contributed by atoms with Gasteiger partial charge in [-0.05, 0) is 86.1 Å². The van der Waals surface area contributed by atoms with Crippen LogP contribution in [0.4, 0.5) is 0 Å². The number of ether oxygens (including phenoxy) is 16. The number of methoxy groups -OCH3 is 1. The van der Waals surface area contributed by atoms with Crippen LogP contribution >= 0.6 is 0 Å². The summed E-state index contributed by atoms with van der Waals surface area (Å²) in [7, 11) is 1.64. The summed E-state index contributed by atoms with van der Waals surface area (Å²) in [6, 6.07) is 0. The van der Waals surface area contributed by atoms with Crippen molar-refractivity contribution in [3.8, 4) is 0 Å². The third-order valence-corrected chi connectivity index (χ3v) is 14.4. The first kappa shape index (κ1) is 78.7. The monoisotopic (exact) mass is 1300 g/mol. The van der Waals surface area contributed by atoms with E-state index in [0.717, 1.165) is 56.2 Å². The number of H-pyrrole nitrogens is 2. The summed E-state index contributed by atoms with van der Waals surface area (Å²) in [5, 5.41) is 18.4. The molecule has 4 rings (SSSR count). The fourth-order valence-corrected chi connectivity index (χ4v) is 9.30. The fourth-order valence-electron chi connectivity index (χ4n) is 9.30. The molecule has 0 aliphatic carbocycles. The van der Waals surface area contributed by atoms with Gasteiger partial charge in [0.05, 0.1) is 205 Å². The molecule has 0 saturated carbocycles. The number of allylic oxidation sites excluding steroid dienone is 2. The van der Waals surface area contributed by atoms with Crippen molar-refractivity contribution in [1.82, 2.24) is 25.9 Å². The molecular formula is C66H103N5O21. The van der Waals surface area contributed by atoms with E-state index in [1.54, 1.807) is 7.11 Å². The Hall–Kier alpha value is -5.76. The number of hydrogen-bond acceptors (Lipinski definition) is 20. The first-order valence-electron chi connectivity index (χ1n) is 31.7. The minimum absolute atomic E-state index is 0.0808. The molecule has 26 heteroatoms. The lowest BCUT2D eigenvalue weighted by Crippen LogP contribution is -2.28. The van der Waals surface area contributed by atoms with E-state index in [1.807, 2.05) is 39.8 Å². The summed E-state index contributed by atoms with van der Waals surface area (Å²) in [6.07, 6.45) is 7.95. The summed E-state index contributed by atoms with van der Waals surface area (Å²) in [4.78, 5) is 57.4. The number of aromatic amines is 2. The number of nitrogens with one attached hydrogen (secondary N) is 5. The molecule has 0 saturated heterocycles. The topological polar surface area (TPSA) is 304 Å². The molecule has 3 amide bonds. The molecule has 0 bridgehead atoms. The minimum Gasteiger partial charge on any atom is -0.481 e. The molecule has 2 aliphatic rings. The second-order valence-electron chi connectivity index (χ2n) is 20.9. The van der Waals surface area contributed by atoms with Crippen molar-refractivity contribution in [2.24, 2.45) is 0 Å². The predicted octanol–water partition coefficient (Wildman–Crippen LogP) is 4.46. The molecule has 6 N–H and O–H groups in total. The van der Waals surface area contributed by atoms with Crippen molar-refractivity contribution in [3.63, 3.8) is 0 Å². The molecule has 0 fully saturated rings. The highest BCUT2D eigenvalue weighted by atomic mass is 16.6. The first-order valence-corrected chi connectivity index (χ1v) is 31.7. The molecule has 0 radical (unpaired) electrons. The Kier molecular flexibility index (Phi) is 42.6. The second-order valence-corrected chi connectivity index (χ2v) is 20.9. The van der Waals surface area contributed by atoms with E-state index in [0.29, 0.717) is 247 Å². The SMILES string of the molecule is C=CC1=C(C)/C(=C/c2[nH]c(Cc3[nH]c(/C=C4\NC(=O)C(C=C)=C4C)c(C)c3CCC(=O)NCCOCCOCCOCCOCCOCCOCCOCCOCCOCCOCCOCCOCCOCCOCCOCCOC)c(CCC(=O)O)c2C)NC1=O. The van der Waals surface area contributed by atoms with E-state index in [2.05, 4.69) is 39.1 Å². The van der Waals surface area contributed by atoms with Gasteiger partial charge in [-0.1, -0.05) is 25.3 Å². The molecule has 2 aromatic heterocycles. The highest BCUT2D eigenvalue weighted by Gasteiger charge is 2.26. The summed E-state index contributed by atoms with van der Waals surface area (Å²) in [5.74, 6) is -1.54. The number of rotatable bonds is 60. The fraction of sp³-hybridized carbons (Fsp3) is 0.636. The molecule has 518 valence electrons. The number of carbonyl (C=O) groups is 4. The van der Waals surface area contributed by atoms with E-state index in [1.165, 1.54) is 12.2 Å². The van der Waals surface area contributed by atoms with E-state index in [9.17, 15) is 24.3 Å². The average Bonchev–Trinajstić information content (AvgIpc) is 1.66. The Morgan fingerprint density at radius 1 is 0.424 bits per heavy atom. The average molecular weight is 1300 g/mol. The van der Waals surface area contributed by atoms with Crippen LogP contribution in [-0.4, -0.2) is 257 Å². The number of carboxylic acids is 1. The molecule has 26 nitrogen and oxygen atoms in total. The van der Waals surface area contributed by atoms with Crippen LogP contribution in [0.5, 0.6) is 0 Å². The second kappa shape index (κ2) is 49.8. The van der Waals surface area contributed by atoms with Crippen molar-refractivity contribution in [1.29, 1.82) is 0 Å². The predicted molar refractivity (Wildman–Crippen MR) is 343 cm³/mol. The minimum atomic E-state index is -0.923. The van der Waals surface area contributed by atoms with Crippen LogP contribution in [-0.2, 0) is 114 Å².